The van der Waals surface area contributed by atoms with Crippen LogP contribution in [0.1, 0.15) is 32.1 Å². The van der Waals surface area contributed by atoms with Gasteiger partial charge in [0.2, 0.25) is 10.0 Å². The van der Waals surface area contributed by atoms with Gasteiger partial charge in [0.05, 0.1) is 9.37 Å². The van der Waals surface area contributed by atoms with E-state index in [2.05, 4.69) is 31.3 Å². The Bertz CT molecular complexity index is 1320. The lowest BCUT2D eigenvalue weighted by molar-refractivity contribution is -0.121. The number of amides is 1. The number of thiocarbonyl (C=S) groups is 1. The van der Waals surface area contributed by atoms with Crippen LogP contribution < -0.4 is 20.1 Å². The van der Waals surface area contributed by atoms with Crippen molar-refractivity contribution in [3.05, 3.63) is 65.1 Å². The second-order valence-corrected chi connectivity index (χ2v) is 11.3. The van der Waals surface area contributed by atoms with E-state index in [4.69, 9.17) is 17.0 Å². The lowest BCUT2D eigenvalue weighted by Gasteiger charge is -2.22. The standard InChI is InChI=1S/C25H26BrN3O4S2/c26-24-21-9-5-4-6-17(21)10-15-22(24)33-16-23(30)28-25(34)27-18-11-13-20(14-12-18)35(31,32)29-19-7-2-1-3-8-19/h4-6,9-15,19,29H,1-3,7-8,16H2,(H2,27,28,30,34). The van der Waals surface area contributed by atoms with Crippen LogP contribution in [0, 0.1) is 0 Å². The Kier molecular flexibility index (Phi) is 8.38. The van der Waals surface area contributed by atoms with Crippen molar-refractivity contribution in [1.29, 1.82) is 0 Å². The Labute approximate surface area is 218 Å². The van der Waals surface area contributed by atoms with Crippen LogP contribution in [0.2, 0.25) is 0 Å². The van der Waals surface area contributed by atoms with Crippen molar-refractivity contribution in [1.82, 2.24) is 10.0 Å². The van der Waals surface area contributed by atoms with Crippen LogP contribution in [0.5, 0.6) is 5.75 Å². The van der Waals surface area contributed by atoms with Gasteiger partial charge in [-0.05, 0) is 82.1 Å². The zero-order valence-corrected chi connectivity index (χ0v) is 22.1. The third-order valence-corrected chi connectivity index (χ3v) is 8.35. The van der Waals surface area contributed by atoms with Gasteiger partial charge in [0.15, 0.2) is 11.7 Å². The van der Waals surface area contributed by atoms with Crippen molar-refractivity contribution < 1.29 is 17.9 Å². The number of benzene rings is 3. The Morgan fingerprint density at radius 1 is 1.00 bits per heavy atom. The molecule has 0 saturated heterocycles. The number of carbonyl (C=O) groups excluding carboxylic acids is 1. The quantitative estimate of drug-likeness (QED) is 0.339. The maximum Gasteiger partial charge on any atom is 0.264 e. The average molecular weight is 577 g/mol. The first-order chi connectivity index (χ1) is 16.8. The van der Waals surface area contributed by atoms with Crippen LogP contribution >= 0.6 is 28.1 Å². The van der Waals surface area contributed by atoms with Crippen molar-refractivity contribution >= 4 is 65.7 Å². The van der Waals surface area contributed by atoms with Gasteiger partial charge in [-0.15, -0.1) is 0 Å². The lowest BCUT2D eigenvalue weighted by atomic mass is 9.96. The fraction of sp³-hybridized carbons (Fsp3) is 0.280. The molecule has 1 saturated carbocycles. The normalized spacial score (nSPS) is 14.4. The minimum Gasteiger partial charge on any atom is -0.483 e. The van der Waals surface area contributed by atoms with Crippen molar-refractivity contribution in [2.24, 2.45) is 0 Å². The highest BCUT2D eigenvalue weighted by Gasteiger charge is 2.21. The maximum absolute atomic E-state index is 12.6. The maximum atomic E-state index is 12.6. The van der Waals surface area contributed by atoms with Gasteiger partial charge in [-0.25, -0.2) is 13.1 Å². The molecule has 7 nitrogen and oxygen atoms in total. The minimum absolute atomic E-state index is 0.00760. The van der Waals surface area contributed by atoms with Crippen LogP contribution in [0.3, 0.4) is 0 Å². The molecule has 3 aromatic rings. The molecule has 0 heterocycles. The lowest BCUT2D eigenvalue weighted by Crippen LogP contribution is -2.37. The molecule has 1 fully saturated rings. The Morgan fingerprint density at radius 2 is 1.71 bits per heavy atom. The molecule has 10 heteroatoms. The van der Waals surface area contributed by atoms with Gasteiger partial charge >= 0.3 is 0 Å². The van der Waals surface area contributed by atoms with E-state index in [0.29, 0.717) is 11.4 Å². The molecule has 3 N–H and O–H groups in total. The monoisotopic (exact) mass is 575 g/mol. The molecular weight excluding hydrogens is 550 g/mol. The van der Waals surface area contributed by atoms with Gasteiger partial charge in [-0.2, -0.15) is 0 Å². The molecule has 35 heavy (non-hydrogen) atoms. The Balaban J connectivity index is 1.28. The molecule has 1 aliphatic rings. The number of nitrogens with one attached hydrogen (secondary N) is 3. The summed E-state index contributed by atoms with van der Waals surface area (Å²) >= 11 is 8.74. The van der Waals surface area contributed by atoms with Crippen molar-refractivity contribution in [3.8, 4) is 5.75 Å². The van der Waals surface area contributed by atoms with E-state index in [1.807, 2.05) is 30.3 Å². The van der Waals surface area contributed by atoms with Gasteiger partial charge in [-0.1, -0.05) is 49.6 Å². The van der Waals surface area contributed by atoms with Gasteiger partial charge in [0, 0.05) is 11.7 Å². The number of hydrogen-bond acceptors (Lipinski definition) is 5. The van der Waals surface area contributed by atoms with Gasteiger partial charge in [-0.3, -0.25) is 10.1 Å². The molecule has 4 rings (SSSR count). The number of ether oxygens (including phenoxy) is 1. The zero-order chi connectivity index (χ0) is 24.8. The van der Waals surface area contributed by atoms with E-state index in [1.54, 1.807) is 18.2 Å². The second kappa shape index (κ2) is 11.5. The third-order valence-electron chi connectivity index (χ3n) is 5.79. The van der Waals surface area contributed by atoms with E-state index in [0.717, 1.165) is 47.3 Å². The highest BCUT2D eigenvalue weighted by atomic mass is 79.9. The fourth-order valence-corrected chi connectivity index (χ4v) is 6.16. The van der Waals surface area contributed by atoms with Crippen LogP contribution in [-0.2, 0) is 14.8 Å². The first-order valence-electron chi connectivity index (χ1n) is 11.3. The van der Waals surface area contributed by atoms with E-state index in [9.17, 15) is 13.2 Å². The number of carbonyl (C=O) groups is 1. The summed E-state index contributed by atoms with van der Waals surface area (Å²) in [5.41, 5.74) is 0.560. The summed E-state index contributed by atoms with van der Waals surface area (Å²) < 4.78 is 34.5. The molecular formula is C25H26BrN3O4S2. The van der Waals surface area contributed by atoms with E-state index < -0.39 is 15.9 Å². The summed E-state index contributed by atoms with van der Waals surface area (Å²) in [5.74, 6) is 0.134. The average Bonchev–Trinajstić information content (AvgIpc) is 2.84. The van der Waals surface area contributed by atoms with E-state index >= 15 is 0 Å². The molecule has 184 valence electrons. The summed E-state index contributed by atoms with van der Waals surface area (Å²) in [6.45, 7) is -0.219. The van der Waals surface area contributed by atoms with Crippen LogP contribution in [-0.4, -0.2) is 32.1 Å². The molecule has 0 atom stereocenters. The fourth-order valence-electron chi connectivity index (χ4n) is 4.02. The van der Waals surface area contributed by atoms with Gasteiger partial charge < -0.3 is 10.1 Å². The number of sulfonamides is 1. The van der Waals surface area contributed by atoms with Crippen LogP contribution in [0.4, 0.5) is 5.69 Å². The second-order valence-electron chi connectivity index (χ2n) is 8.37. The topological polar surface area (TPSA) is 96.5 Å². The SMILES string of the molecule is O=C(COc1ccc2ccccc2c1Br)NC(=S)Nc1ccc(S(=O)(=O)NC2CCCCC2)cc1. The first kappa shape index (κ1) is 25.6. The summed E-state index contributed by atoms with van der Waals surface area (Å²) in [6.07, 6.45) is 4.98. The highest BCUT2D eigenvalue weighted by molar-refractivity contribution is 9.10. The highest BCUT2D eigenvalue weighted by Crippen LogP contribution is 2.33. The molecule has 0 radical (unpaired) electrons. The van der Waals surface area contributed by atoms with Crippen molar-refractivity contribution in [2.45, 2.75) is 43.0 Å². The van der Waals surface area contributed by atoms with Crippen molar-refractivity contribution in [3.63, 3.8) is 0 Å². The zero-order valence-electron chi connectivity index (χ0n) is 18.9. The minimum atomic E-state index is -3.58. The molecule has 1 aliphatic carbocycles. The molecule has 3 aromatic carbocycles. The first-order valence-corrected chi connectivity index (χ1v) is 14.0. The van der Waals surface area contributed by atoms with E-state index in [-0.39, 0.29) is 22.7 Å². The predicted octanol–water partition coefficient (Wildman–Crippen LogP) is 5.11. The molecule has 0 unspecified atom stereocenters. The summed E-state index contributed by atoms with van der Waals surface area (Å²) in [5, 5.41) is 7.59. The molecule has 0 spiro atoms. The number of rotatable bonds is 7. The number of fused-ring (bicyclic) bond motifs is 1. The third kappa shape index (κ3) is 6.78. The molecule has 0 aliphatic heterocycles. The number of hydrogen-bond donors (Lipinski definition) is 3. The predicted molar refractivity (Wildman–Crippen MR) is 145 cm³/mol. The van der Waals surface area contributed by atoms with Gasteiger partial charge in [0.1, 0.15) is 5.75 Å². The summed E-state index contributed by atoms with van der Waals surface area (Å²) in [6, 6.07) is 17.8. The largest absolute Gasteiger partial charge is 0.483 e. The molecule has 0 aromatic heterocycles. The summed E-state index contributed by atoms with van der Waals surface area (Å²) in [7, 11) is -3.58. The van der Waals surface area contributed by atoms with E-state index in [1.165, 1.54) is 12.1 Å². The van der Waals surface area contributed by atoms with Gasteiger partial charge in [0.25, 0.3) is 5.91 Å². The number of anilines is 1. The summed E-state index contributed by atoms with van der Waals surface area (Å²) in [4.78, 5) is 12.5. The molecule has 0 bridgehead atoms. The van der Waals surface area contributed by atoms with Crippen LogP contribution in [0.25, 0.3) is 10.8 Å². The smallest absolute Gasteiger partial charge is 0.264 e. The number of halogens is 1. The Hall–Kier alpha value is -2.53. The van der Waals surface area contributed by atoms with Crippen molar-refractivity contribution in [2.75, 3.05) is 11.9 Å². The molecule has 1 amide bonds. The Morgan fingerprint density at radius 3 is 2.46 bits per heavy atom. The van der Waals surface area contributed by atoms with Crippen LogP contribution in [0.15, 0.2) is 70.0 Å².